The molecule has 0 aliphatic rings. The highest BCUT2D eigenvalue weighted by atomic mass is 16.6. The van der Waals surface area contributed by atoms with E-state index in [2.05, 4.69) is 21.3 Å². The molecule has 2 aromatic carbocycles. The number of primary amides is 1. The number of benzene rings is 2. The van der Waals surface area contributed by atoms with Gasteiger partial charge in [0, 0.05) is 24.8 Å². The van der Waals surface area contributed by atoms with Crippen LogP contribution >= 0.6 is 0 Å². The summed E-state index contributed by atoms with van der Waals surface area (Å²) in [5.74, 6) is -0.258. The molecule has 7 N–H and O–H groups in total. The topological polar surface area (TPSA) is 155 Å². The second kappa shape index (κ2) is 14.8. The summed E-state index contributed by atoms with van der Waals surface area (Å²) in [5, 5.41) is 20.8. The Kier molecular flexibility index (Phi) is 11.9. The van der Waals surface area contributed by atoms with Gasteiger partial charge in [-0.2, -0.15) is 0 Å². The molecule has 0 saturated carbocycles. The largest absolute Gasteiger partial charge is 0.444 e. The van der Waals surface area contributed by atoms with Gasteiger partial charge in [-0.25, -0.2) is 9.59 Å². The standard InChI is InChI=1S/C27H39N5O5/c1-27(2,3)37-26(36)32-22(16-19-8-5-4-6-9-19)17-30-23(10-7-15-29-25(28)35)24(34)31-21-13-11-20(18-33)12-14-21/h4-6,8-9,11-14,22-23,30,33H,7,10,15-18H2,1-3H3,(H,31,34)(H,32,36)(H3,28,29,35)/t22-,23-/m0/s1. The van der Waals surface area contributed by atoms with E-state index < -0.39 is 23.8 Å². The molecule has 0 radical (unpaired) electrons. The SMILES string of the molecule is CC(C)(C)OC(=O)N[C@H](CN[C@@H](CCCNC(N)=O)C(=O)Nc1ccc(CO)cc1)Cc1ccccc1. The van der Waals surface area contributed by atoms with Crippen molar-refractivity contribution in [3.05, 3.63) is 65.7 Å². The van der Waals surface area contributed by atoms with Crippen molar-refractivity contribution in [2.75, 3.05) is 18.4 Å². The van der Waals surface area contributed by atoms with Gasteiger partial charge in [0.2, 0.25) is 5.91 Å². The highest BCUT2D eigenvalue weighted by Crippen LogP contribution is 2.12. The van der Waals surface area contributed by atoms with Crippen molar-refractivity contribution in [3.63, 3.8) is 0 Å². The number of carbonyl (C=O) groups is 3. The molecular weight excluding hydrogens is 474 g/mol. The van der Waals surface area contributed by atoms with Crippen molar-refractivity contribution in [2.45, 2.75) is 64.3 Å². The number of nitrogens with two attached hydrogens (primary N) is 1. The van der Waals surface area contributed by atoms with Gasteiger partial charge in [0.1, 0.15) is 5.60 Å². The molecule has 0 aromatic heterocycles. The number of carbonyl (C=O) groups excluding carboxylic acids is 3. The summed E-state index contributed by atoms with van der Waals surface area (Å²) in [4.78, 5) is 36.6. The van der Waals surface area contributed by atoms with Crippen LogP contribution in [-0.4, -0.2) is 53.9 Å². The smallest absolute Gasteiger partial charge is 0.407 e. The molecule has 2 aromatic rings. The van der Waals surface area contributed by atoms with Gasteiger partial charge in [-0.15, -0.1) is 0 Å². The van der Waals surface area contributed by atoms with Crippen molar-refractivity contribution in [1.82, 2.24) is 16.0 Å². The van der Waals surface area contributed by atoms with Crippen molar-refractivity contribution < 1.29 is 24.2 Å². The molecule has 2 atom stereocenters. The molecule has 4 amide bonds. The zero-order chi connectivity index (χ0) is 27.3. The van der Waals surface area contributed by atoms with E-state index in [1.165, 1.54) is 0 Å². The van der Waals surface area contributed by atoms with E-state index >= 15 is 0 Å². The Bertz CT molecular complexity index is 992. The predicted molar refractivity (Wildman–Crippen MR) is 143 cm³/mol. The molecule has 0 saturated heterocycles. The summed E-state index contributed by atoms with van der Waals surface area (Å²) in [5.41, 5.74) is 6.86. The predicted octanol–water partition coefficient (Wildman–Crippen LogP) is 2.66. The van der Waals surface area contributed by atoms with Crippen LogP contribution in [0.1, 0.15) is 44.7 Å². The molecule has 2 rings (SSSR count). The van der Waals surface area contributed by atoms with E-state index in [0.29, 0.717) is 38.0 Å². The first kappa shape index (κ1) is 29.6. The summed E-state index contributed by atoms with van der Waals surface area (Å²) >= 11 is 0. The quantitative estimate of drug-likeness (QED) is 0.226. The lowest BCUT2D eigenvalue weighted by Crippen LogP contribution is -2.50. The van der Waals surface area contributed by atoms with Crippen LogP contribution in [-0.2, 0) is 22.6 Å². The number of nitrogens with one attached hydrogen (secondary N) is 4. The average molecular weight is 514 g/mol. The summed E-state index contributed by atoms with van der Waals surface area (Å²) < 4.78 is 5.43. The maximum absolute atomic E-state index is 13.1. The lowest BCUT2D eigenvalue weighted by molar-refractivity contribution is -0.118. The van der Waals surface area contributed by atoms with Gasteiger partial charge < -0.3 is 36.8 Å². The fourth-order valence-corrected chi connectivity index (χ4v) is 3.60. The number of ether oxygens (including phenoxy) is 1. The first-order valence-electron chi connectivity index (χ1n) is 12.4. The maximum Gasteiger partial charge on any atom is 0.407 e. The fourth-order valence-electron chi connectivity index (χ4n) is 3.60. The Labute approximate surface area is 218 Å². The first-order valence-corrected chi connectivity index (χ1v) is 12.4. The molecule has 202 valence electrons. The van der Waals surface area contributed by atoms with Crippen LogP contribution < -0.4 is 27.0 Å². The molecule has 0 fully saturated rings. The van der Waals surface area contributed by atoms with Gasteiger partial charge >= 0.3 is 12.1 Å². The number of rotatable bonds is 13. The highest BCUT2D eigenvalue weighted by molar-refractivity contribution is 5.94. The normalized spacial score (nSPS) is 12.8. The molecule has 0 spiro atoms. The van der Waals surface area contributed by atoms with Crippen molar-refractivity contribution in [3.8, 4) is 0 Å². The van der Waals surface area contributed by atoms with E-state index in [9.17, 15) is 19.5 Å². The van der Waals surface area contributed by atoms with Crippen LogP contribution in [0.5, 0.6) is 0 Å². The maximum atomic E-state index is 13.1. The van der Waals surface area contributed by atoms with Gasteiger partial charge in [-0.05, 0) is 63.3 Å². The molecule has 0 aliphatic carbocycles. The average Bonchev–Trinajstić information content (AvgIpc) is 2.83. The van der Waals surface area contributed by atoms with Gasteiger partial charge in [0.15, 0.2) is 0 Å². The van der Waals surface area contributed by atoms with Crippen molar-refractivity contribution in [2.24, 2.45) is 5.73 Å². The van der Waals surface area contributed by atoms with Crippen LogP contribution in [0.25, 0.3) is 0 Å². The Morgan fingerprint density at radius 3 is 2.27 bits per heavy atom. The molecule has 37 heavy (non-hydrogen) atoms. The van der Waals surface area contributed by atoms with E-state index in [1.807, 2.05) is 30.3 Å². The third-order valence-electron chi connectivity index (χ3n) is 5.35. The van der Waals surface area contributed by atoms with E-state index in [4.69, 9.17) is 10.5 Å². The number of urea groups is 1. The van der Waals surface area contributed by atoms with E-state index in [-0.39, 0.29) is 18.6 Å². The number of amides is 4. The van der Waals surface area contributed by atoms with Gasteiger partial charge in [0.25, 0.3) is 0 Å². The minimum Gasteiger partial charge on any atom is -0.444 e. The Morgan fingerprint density at radius 1 is 1.00 bits per heavy atom. The molecule has 0 bridgehead atoms. The second-order valence-corrected chi connectivity index (χ2v) is 9.77. The third-order valence-corrected chi connectivity index (χ3v) is 5.35. The van der Waals surface area contributed by atoms with Crippen LogP contribution in [0.2, 0.25) is 0 Å². The molecule has 10 nitrogen and oxygen atoms in total. The summed E-state index contributed by atoms with van der Waals surface area (Å²) in [7, 11) is 0. The minimum absolute atomic E-state index is 0.0846. The van der Waals surface area contributed by atoms with E-state index in [0.717, 1.165) is 11.1 Å². The van der Waals surface area contributed by atoms with Gasteiger partial charge in [-0.1, -0.05) is 42.5 Å². The number of alkyl carbamates (subject to hydrolysis) is 1. The molecule has 0 heterocycles. The molecule has 10 heteroatoms. The van der Waals surface area contributed by atoms with Crippen LogP contribution in [0.3, 0.4) is 0 Å². The van der Waals surface area contributed by atoms with Gasteiger partial charge in [-0.3, -0.25) is 4.79 Å². The number of hydrogen-bond donors (Lipinski definition) is 6. The van der Waals surface area contributed by atoms with Crippen molar-refractivity contribution >= 4 is 23.7 Å². The number of aliphatic hydroxyl groups is 1. The van der Waals surface area contributed by atoms with Gasteiger partial charge in [0.05, 0.1) is 12.6 Å². The number of hydrogen-bond acceptors (Lipinski definition) is 6. The fraction of sp³-hybridized carbons (Fsp3) is 0.444. The lowest BCUT2D eigenvalue weighted by atomic mass is 10.0. The Morgan fingerprint density at radius 2 is 1.68 bits per heavy atom. The number of anilines is 1. The monoisotopic (exact) mass is 513 g/mol. The highest BCUT2D eigenvalue weighted by Gasteiger charge is 2.23. The van der Waals surface area contributed by atoms with Crippen LogP contribution in [0.4, 0.5) is 15.3 Å². The molecule has 0 aliphatic heterocycles. The Balaban J connectivity index is 2.10. The third kappa shape index (κ3) is 12.2. The van der Waals surface area contributed by atoms with Crippen LogP contribution in [0, 0.1) is 0 Å². The van der Waals surface area contributed by atoms with E-state index in [1.54, 1.807) is 45.0 Å². The summed E-state index contributed by atoms with van der Waals surface area (Å²) in [6.07, 6.45) is 0.935. The zero-order valence-electron chi connectivity index (χ0n) is 21.8. The summed E-state index contributed by atoms with van der Waals surface area (Å²) in [6, 6.07) is 15.0. The first-order chi connectivity index (χ1) is 17.6. The van der Waals surface area contributed by atoms with Crippen molar-refractivity contribution in [1.29, 1.82) is 0 Å². The molecular formula is C27H39N5O5. The van der Waals surface area contributed by atoms with Crippen LogP contribution in [0.15, 0.2) is 54.6 Å². The Hall–Kier alpha value is -3.63. The second-order valence-electron chi connectivity index (χ2n) is 9.77. The minimum atomic E-state index is -0.643. The number of aliphatic hydroxyl groups excluding tert-OH is 1. The molecule has 0 unspecified atom stereocenters. The lowest BCUT2D eigenvalue weighted by Gasteiger charge is -2.26. The summed E-state index contributed by atoms with van der Waals surface area (Å²) in [6.45, 7) is 5.94. The zero-order valence-corrected chi connectivity index (χ0v) is 21.8.